The molecular formula is C15H24N4O. The molecule has 1 aromatic heterocycles. The molecule has 5 nitrogen and oxygen atoms in total. The molecule has 2 N–H and O–H groups in total. The summed E-state index contributed by atoms with van der Waals surface area (Å²) in [5.74, 6) is 1.54. The molecule has 1 aliphatic carbocycles. The second-order valence-electron chi connectivity index (χ2n) is 4.95. The smallest absolute Gasteiger partial charge is 0.218 e. The van der Waals surface area contributed by atoms with Gasteiger partial charge in [-0.3, -0.25) is 4.99 Å². The Morgan fingerprint density at radius 3 is 2.95 bits per heavy atom. The molecule has 1 aromatic rings. The van der Waals surface area contributed by atoms with Gasteiger partial charge in [0.15, 0.2) is 5.96 Å². The molecule has 0 unspecified atom stereocenters. The first-order chi connectivity index (χ1) is 9.83. The molecular weight excluding hydrogens is 252 g/mol. The van der Waals surface area contributed by atoms with Gasteiger partial charge in [0.1, 0.15) is 0 Å². The number of nitrogens with one attached hydrogen (secondary N) is 2. The molecule has 0 radical (unpaired) electrons. The monoisotopic (exact) mass is 276 g/mol. The van der Waals surface area contributed by atoms with Crippen molar-refractivity contribution in [2.75, 3.05) is 13.7 Å². The van der Waals surface area contributed by atoms with Crippen molar-refractivity contribution in [3.63, 3.8) is 0 Å². The molecule has 0 aliphatic heterocycles. The predicted octanol–water partition coefficient (Wildman–Crippen LogP) is 2.09. The first-order valence-corrected chi connectivity index (χ1v) is 7.37. The Balaban J connectivity index is 1.89. The average molecular weight is 276 g/mol. The maximum Gasteiger partial charge on any atom is 0.218 e. The quantitative estimate of drug-likeness (QED) is 0.638. The first-order valence-electron chi connectivity index (χ1n) is 7.37. The van der Waals surface area contributed by atoms with Gasteiger partial charge in [-0.25, -0.2) is 4.98 Å². The van der Waals surface area contributed by atoms with Gasteiger partial charge < -0.3 is 15.4 Å². The highest BCUT2D eigenvalue weighted by Gasteiger charge is 2.16. The van der Waals surface area contributed by atoms with Crippen molar-refractivity contribution >= 4 is 5.96 Å². The Bertz CT molecular complexity index is 441. The van der Waals surface area contributed by atoms with Crippen LogP contribution in [-0.2, 0) is 6.54 Å². The molecule has 2 rings (SSSR count). The van der Waals surface area contributed by atoms with Crippen LogP contribution >= 0.6 is 0 Å². The Labute approximate surface area is 120 Å². The molecule has 1 saturated carbocycles. The number of aromatic nitrogens is 1. The van der Waals surface area contributed by atoms with Crippen LogP contribution in [0.1, 0.15) is 38.2 Å². The molecule has 1 heterocycles. The molecule has 0 aromatic carbocycles. The predicted molar refractivity (Wildman–Crippen MR) is 81.0 cm³/mol. The number of rotatable bonds is 5. The zero-order chi connectivity index (χ0) is 14.2. The molecule has 0 atom stereocenters. The standard InChI is InChI=1S/C15H24N4O/c1-3-20-14-12(7-6-10-17-14)11-18-15(16-2)19-13-8-4-5-9-13/h6-7,10,13H,3-5,8-9,11H2,1-2H3,(H2,16,18,19). The average Bonchev–Trinajstić information content (AvgIpc) is 2.98. The van der Waals surface area contributed by atoms with Crippen LogP contribution in [0.15, 0.2) is 23.3 Å². The second kappa shape index (κ2) is 7.72. The van der Waals surface area contributed by atoms with Crippen LogP contribution in [-0.4, -0.2) is 30.6 Å². The largest absolute Gasteiger partial charge is 0.478 e. The van der Waals surface area contributed by atoms with E-state index in [1.165, 1.54) is 25.7 Å². The summed E-state index contributed by atoms with van der Waals surface area (Å²) in [5.41, 5.74) is 1.05. The summed E-state index contributed by atoms with van der Waals surface area (Å²) in [5, 5.41) is 6.80. The minimum absolute atomic E-state index is 0.557. The maximum absolute atomic E-state index is 5.52. The number of aliphatic imine (C=N–C) groups is 1. The van der Waals surface area contributed by atoms with E-state index >= 15 is 0 Å². The van der Waals surface area contributed by atoms with Crippen molar-refractivity contribution in [3.8, 4) is 5.88 Å². The topological polar surface area (TPSA) is 58.5 Å². The summed E-state index contributed by atoms with van der Waals surface area (Å²) in [4.78, 5) is 8.53. The molecule has 20 heavy (non-hydrogen) atoms. The van der Waals surface area contributed by atoms with Crippen molar-refractivity contribution in [2.24, 2.45) is 4.99 Å². The summed E-state index contributed by atoms with van der Waals surface area (Å²) in [6.07, 6.45) is 6.84. The Morgan fingerprint density at radius 2 is 2.25 bits per heavy atom. The van der Waals surface area contributed by atoms with Crippen LogP contribution in [0, 0.1) is 0 Å². The van der Waals surface area contributed by atoms with Crippen LogP contribution in [0.2, 0.25) is 0 Å². The maximum atomic E-state index is 5.52. The van der Waals surface area contributed by atoms with Crippen molar-refractivity contribution in [1.29, 1.82) is 0 Å². The van der Waals surface area contributed by atoms with E-state index < -0.39 is 0 Å². The van der Waals surface area contributed by atoms with E-state index in [4.69, 9.17) is 4.74 Å². The van der Waals surface area contributed by atoms with Crippen molar-refractivity contribution in [1.82, 2.24) is 15.6 Å². The fourth-order valence-electron chi connectivity index (χ4n) is 2.46. The molecule has 110 valence electrons. The zero-order valence-corrected chi connectivity index (χ0v) is 12.4. The summed E-state index contributed by atoms with van der Waals surface area (Å²) in [6.45, 7) is 3.25. The van der Waals surface area contributed by atoms with Crippen molar-refractivity contribution in [3.05, 3.63) is 23.9 Å². The van der Waals surface area contributed by atoms with Gasteiger partial charge in [-0.15, -0.1) is 0 Å². The van der Waals surface area contributed by atoms with Crippen LogP contribution in [0.3, 0.4) is 0 Å². The number of pyridine rings is 1. The number of nitrogens with zero attached hydrogens (tertiary/aromatic N) is 2. The van der Waals surface area contributed by atoms with E-state index in [1.54, 1.807) is 13.2 Å². The number of guanidine groups is 1. The van der Waals surface area contributed by atoms with Crippen LogP contribution in [0.4, 0.5) is 0 Å². The van der Waals surface area contributed by atoms with E-state index in [0.29, 0.717) is 25.1 Å². The van der Waals surface area contributed by atoms with E-state index in [1.807, 2.05) is 19.1 Å². The SMILES string of the molecule is CCOc1ncccc1CNC(=NC)NC1CCCC1. The summed E-state index contributed by atoms with van der Waals surface area (Å²) in [7, 11) is 1.80. The highest BCUT2D eigenvalue weighted by molar-refractivity contribution is 5.80. The third kappa shape index (κ3) is 4.11. The fourth-order valence-corrected chi connectivity index (χ4v) is 2.46. The minimum Gasteiger partial charge on any atom is -0.478 e. The van der Waals surface area contributed by atoms with Gasteiger partial charge in [0.2, 0.25) is 5.88 Å². The third-order valence-electron chi connectivity index (χ3n) is 3.50. The second-order valence-corrected chi connectivity index (χ2v) is 4.95. The van der Waals surface area contributed by atoms with E-state index in [9.17, 15) is 0 Å². The highest BCUT2D eigenvalue weighted by atomic mass is 16.5. The van der Waals surface area contributed by atoms with E-state index in [2.05, 4.69) is 20.6 Å². The molecule has 1 fully saturated rings. The van der Waals surface area contributed by atoms with Crippen LogP contribution in [0.25, 0.3) is 0 Å². The van der Waals surface area contributed by atoms with E-state index in [0.717, 1.165) is 11.5 Å². The molecule has 0 spiro atoms. The van der Waals surface area contributed by atoms with Gasteiger partial charge in [0, 0.05) is 31.4 Å². The Hall–Kier alpha value is -1.78. The van der Waals surface area contributed by atoms with Crippen molar-refractivity contribution < 1.29 is 4.74 Å². The number of ether oxygens (including phenoxy) is 1. The van der Waals surface area contributed by atoms with Crippen molar-refractivity contribution in [2.45, 2.75) is 45.2 Å². The number of hydrogen-bond donors (Lipinski definition) is 2. The molecule has 0 saturated heterocycles. The van der Waals surface area contributed by atoms with Gasteiger partial charge in [-0.1, -0.05) is 18.9 Å². The summed E-state index contributed by atoms with van der Waals surface area (Å²) in [6, 6.07) is 4.50. The van der Waals surface area contributed by atoms with Gasteiger partial charge in [-0.05, 0) is 25.8 Å². The van der Waals surface area contributed by atoms with E-state index in [-0.39, 0.29) is 0 Å². The Kier molecular flexibility index (Phi) is 5.65. The van der Waals surface area contributed by atoms with Gasteiger partial charge in [0.25, 0.3) is 0 Å². The lowest BCUT2D eigenvalue weighted by atomic mass is 10.2. The zero-order valence-electron chi connectivity index (χ0n) is 12.4. The number of hydrogen-bond acceptors (Lipinski definition) is 3. The highest BCUT2D eigenvalue weighted by Crippen LogP contribution is 2.17. The summed E-state index contributed by atoms with van der Waals surface area (Å²) >= 11 is 0. The third-order valence-corrected chi connectivity index (χ3v) is 3.50. The van der Waals surface area contributed by atoms with Gasteiger partial charge in [-0.2, -0.15) is 0 Å². The lowest BCUT2D eigenvalue weighted by Crippen LogP contribution is -2.42. The molecule has 0 amide bonds. The summed E-state index contributed by atoms with van der Waals surface area (Å²) < 4.78 is 5.52. The molecule has 1 aliphatic rings. The normalized spacial score (nSPS) is 16.2. The Morgan fingerprint density at radius 1 is 1.45 bits per heavy atom. The fraction of sp³-hybridized carbons (Fsp3) is 0.600. The van der Waals surface area contributed by atoms with Gasteiger partial charge >= 0.3 is 0 Å². The minimum atomic E-state index is 0.557. The van der Waals surface area contributed by atoms with Crippen LogP contribution < -0.4 is 15.4 Å². The van der Waals surface area contributed by atoms with Gasteiger partial charge in [0.05, 0.1) is 6.61 Å². The lowest BCUT2D eigenvalue weighted by molar-refractivity contribution is 0.322. The molecule has 0 bridgehead atoms. The lowest BCUT2D eigenvalue weighted by Gasteiger charge is -2.17. The van der Waals surface area contributed by atoms with Crippen LogP contribution in [0.5, 0.6) is 5.88 Å². The molecule has 5 heteroatoms. The first kappa shape index (κ1) is 14.6.